The minimum Gasteiger partial charge on any atom is -0.469 e. The number of esters is 1. The van der Waals surface area contributed by atoms with E-state index in [2.05, 4.69) is 4.74 Å². The predicted molar refractivity (Wildman–Crippen MR) is 84.5 cm³/mol. The Kier molecular flexibility index (Phi) is 6.55. The molecule has 6 nitrogen and oxygen atoms in total. The Morgan fingerprint density at radius 1 is 1.18 bits per heavy atom. The molecule has 122 valence electrons. The lowest BCUT2D eigenvalue weighted by atomic mass is 10.1. The highest BCUT2D eigenvalue weighted by Gasteiger charge is 2.20. The highest BCUT2D eigenvalue weighted by molar-refractivity contribution is 7.90. The molecule has 0 bridgehead atoms. The van der Waals surface area contributed by atoms with Crippen molar-refractivity contribution in [1.29, 1.82) is 0 Å². The fraction of sp³-hybridized carbons (Fsp3) is 0.467. The fourth-order valence-electron chi connectivity index (χ4n) is 1.96. The summed E-state index contributed by atoms with van der Waals surface area (Å²) in [5.41, 5.74) is 1.55. The molecule has 0 aliphatic carbocycles. The zero-order valence-corrected chi connectivity index (χ0v) is 13.9. The first-order valence-corrected chi connectivity index (χ1v) is 8.91. The number of rotatable bonds is 7. The molecular weight excluding hydrogens is 306 g/mol. The van der Waals surface area contributed by atoms with Crippen molar-refractivity contribution in [2.24, 2.45) is 0 Å². The Hall–Kier alpha value is -1.89. The maximum absolute atomic E-state index is 12.4. The van der Waals surface area contributed by atoms with Crippen LogP contribution < -0.4 is 4.90 Å². The molecule has 0 aliphatic rings. The van der Waals surface area contributed by atoms with Crippen LogP contribution in [0, 0.1) is 6.92 Å². The average molecular weight is 327 g/mol. The van der Waals surface area contributed by atoms with Crippen molar-refractivity contribution in [2.45, 2.75) is 19.8 Å². The second kappa shape index (κ2) is 7.93. The maximum Gasteiger partial charge on any atom is 0.307 e. The monoisotopic (exact) mass is 327 g/mol. The predicted octanol–water partition coefficient (Wildman–Crippen LogP) is 1.33. The quantitative estimate of drug-likeness (QED) is 0.706. The number of nitrogens with zero attached hydrogens (tertiary/aromatic N) is 1. The summed E-state index contributed by atoms with van der Waals surface area (Å²) in [6.45, 7) is 2.00. The molecule has 1 aromatic carbocycles. The molecule has 0 unspecified atom stereocenters. The lowest BCUT2D eigenvalue weighted by molar-refractivity contribution is -0.140. The van der Waals surface area contributed by atoms with Gasteiger partial charge in [0.05, 0.1) is 19.3 Å². The summed E-state index contributed by atoms with van der Waals surface area (Å²) in [6, 6.07) is 7.25. The maximum atomic E-state index is 12.4. The number of para-hydroxylation sites is 1. The molecule has 7 heteroatoms. The topological polar surface area (TPSA) is 80.8 Å². The van der Waals surface area contributed by atoms with Crippen molar-refractivity contribution in [3.05, 3.63) is 29.8 Å². The number of hydrogen-bond donors (Lipinski definition) is 0. The van der Waals surface area contributed by atoms with E-state index in [1.165, 1.54) is 12.0 Å². The third-order valence-electron chi connectivity index (χ3n) is 3.16. The normalized spacial score (nSPS) is 11.0. The summed E-state index contributed by atoms with van der Waals surface area (Å²) in [5.74, 6) is -0.968. The zero-order valence-electron chi connectivity index (χ0n) is 13.0. The fourth-order valence-corrected chi connectivity index (χ4v) is 2.50. The van der Waals surface area contributed by atoms with Crippen LogP contribution in [0.3, 0.4) is 0 Å². The van der Waals surface area contributed by atoms with E-state index >= 15 is 0 Å². The van der Waals surface area contributed by atoms with Crippen molar-refractivity contribution >= 4 is 27.4 Å². The molecule has 0 atom stereocenters. The lowest BCUT2D eigenvalue weighted by Crippen LogP contribution is -2.34. The van der Waals surface area contributed by atoms with Crippen LogP contribution in [0.1, 0.15) is 18.4 Å². The number of ether oxygens (including phenoxy) is 1. The van der Waals surface area contributed by atoms with Gasteiger partial charge < -0.3 is 9.64 Å². The number of amides is 1. The number of anilines is 1. The first-order chi connectivity index (χ1) is 10.2. The molecule has 0 aromatic heterocycles. The molecule has 0 saturated heterocycles. The van der Waals surface area contributed by atoms with Gasteiger partial charge in [-0.1, -0.05) is 18.2 Å². The van der Waals surface area contributed by atoms with Gasteiger partial charge in [-0.05, 0) is 18.6 Å². The Labute approximate surface area is 131 Å². The van der Waals surface area contributed by atoms with E-state index in [1.54, 1.807) is 12.1 Å². The second-order valence-corrected chi connectivity index (χ2v) is 7.30. The molecule has 0 radical (unpaired) electrons. The van der Waals surface area contributed by atoms with Gasteiger partial charge in [-0.2, -0.15) is 0 Å². The number of carbonyl (C=O) groups excluding carboxylic acids is 2. The number of sulfone groups is 1. The van der Waals surface area contributed by atoms with Crippen LogP contribution in [-0.2, 0) is 24.2 Å². The summed E-state index contributed by atoms with van der Waals surface area (Å²) in [7, 11) is -1.94. The van der Waals surface area contributed by atoms with Gasteiger partial charge in [0.25, 0.3) is 0 Å². The van der Waals surface area contributed by atoms with Crippen LogP contribution in [0.25, 0.3) is 0 Å². The first-order valence-electron chi connectivity index (χ1n) is 6.85. The van der Waals surface area contributed by atoms with Crippen molar-refractivity contribution in [1.82, 2.24) is 0 Å². The SMILES string of the molecule is COC(=O)CCN(C(=O)CCS(C)(=O)=O)c1ccccc1C. The summed E-state index contributed by atoms with van der Waals surface area (Å²) < 4.78 is 27.0. The third-order valence-corrected chi connectivity index (χ3v) is 4.11. The highest BCUT2D eigenvalue weighted by atomic mass is 32.2. The molecule has 1 rings (SSSR count). The van der Waals surface area contributed by atoms with Crippen molar-refractivity contribution in [2.75, 3.05) is 30.6 Å². The number of hydrogen-bond acceptors (Lipinski definition) is 5. The molecule has 0 spiro atoms. The van der Waals surface area contributed by atoms with Crippen LogP contribution in [0.4, 0.5) is 5.69 Å². The van der Waals surface area contributed by atoms with E-state index < -0.39 is 15.8 Å². The molecule has 22 heavy (non-hydrogen) atoms. The van der Waals surface area contributed by atoms with E-state index in [4.69, 9.17) is 0 Å². The van der Waals surface area contributed by atoms with Crippen LogP contribution in [0.2, 0.25) is 0 Å². The average Bonchev–Trinajstić information content (AvgIpc) is 2.46. The molecular formula is C15H21NO5S. The van der Waals surface area contributed by atoms with E-state index in [1.807, 2.05) is 19.1 Å². The standard InChI is InChI=1S/C15H21NO5S/c1-12-6-4-5-7-13(12)16(10-8-15(18)21-2)14(17)9-11-22(3,19)20/h4-7H,8-11H2,1-3H3. The van der Waals surface area contributed by atoms with Crippen LogP contribution >= 0.6 is 0 Å². The zero-order chi connectivity index (χ0) is 16.8. The Morgan fingerprint density at radius 3 is 2.36 bits per heavy atom. The van der Waals surface area contributed by atoms with E-state index in [-0.39, 0.29) is 31.0 Å². The molecule has 1 aromatic rings. The molecule has 1 amide bonds. The summed E-state index contributed by atoms with van der Waals surface area (Å²) in [4.78, 5) is 25.1. The lowest BCUT2D eigenvalue weighted by Gasteiger charge is -2.24. The molecule has 0 fully saturated rings. The van der Waals surface area contributed by atoms with Gasteiger partial charge in [0, 0.05) is 24.9 Å². The molecule has 0 aliphatic heterocycles. The van der Waals surface area contributed by atoms with Gasteiger partial charge in [0.2, 0.25) is 5.91 Å². The summed E-state index contributed by atoms with van der Waals surface area (Å²) >= 11 is 0. The minimum atomic E-state index is -3.22. The van der Waals surface area contributed by atoms with Gasteiger partial charge in [-0.15, -0.1) is 0 Å². The van der Waals surface area contributed by atoms with Gasteiger partial charge in [0.15, 0.2) is 0 Å². The summed E-state index contributed by atoms with van der Waals surface area (Å²) in [6.07, 6.45) is 1.02. The Morgan fingerprint density at radius 2 is 1.82 bits per heavy atom. The second-order valence-electron chi connectivity index (χ2n) is 5.04. The van der Waals surface area contributed by atoms with Crippen molar-refractivity contribution < 1.29 is 22.7 Å². The van der Waals surface area contributed by atoms with Crippen molar-refractivity contribution in [3.63, 3.8) is 0 Å². The van der Waals surface area contributed by atoms with Gasteiger partial charge in [-0.25, -0.2) is 8.42 Å². The van der Waals surface area contributed by atoms with Crippen LogP contribution in [0.5, 0.6) is 0 Å². The smallest absolute Gasteiger partial charge is 0.307 e. The van der Waals surface area contributed by atoms with E-state index in [0.717, 1.165) is 11.8 Å². The number of carbonyl (C=O) groups is 2. The number of aryl methyl sites for hydroxylation is 1. The van der Waals surface area contributed by atoms with Crippen LogP contribution in [-0.4, -0.2) is 46.0 Å². The van der Waals surface area contributed by atoms with E-state index in [9.17, 15) is 18.0 Å². The van der Waals surface area contributed by atoms with Gasteiger partial charge in [-0.3, -0.25) is 9.59 Å². The van der Waals surface area contributed by atoms with Crippen molar-refractivity contribution in [3.8, 4) is 0 Å². The molecule has 0 N–H and O–H groups in total. The first kappa shape index (κ1) is 18.2. The Balaban J connectivity index is 2.93. The third kappa shape index (κ3) is 5.85. The highest BCUT2D eigenvalue weighted by Crippen LogP contribution is 2.20. The minimum absolute atomic E-state index is 0.0510. The Bertz CT molecular complexity index is 639. The largest absolute Gasteiger partial charge is 0.469 e. The molecule has 0 heterocycles. The number of benzene rings is 1. The van der Waals surface area contributed by atoms with Crippen LogP contribution in [0.15, 0.2) is 24.3 Å². The molecule has 0 saturated carbocycles. The number of methoxy groups -OCH3 is 1. The van der Waals surface area contributed by atoms with Gasteiger partial charge >= 0.3 is 5.97 Å². The summed E-state index contributed by atoms with van der Waals surface area (Å²) in [5, 5.41) is 0. The van der Waals surface area contributed by atoms with Gasteiger partial charge in [0.1, 0.15) is 9.84 Å². The van der Waals surface area contributed by atoms with E-state index in [0.29, 0.717) is 5.69 Å².